The molecule has 4 saturated carbocycles. The maximum absolute atomic E-state index is 14.0. The number of hydrogen-bond acceptors (Lipinski definition) is 4. The molecule has 4 fully saturated rings. The highest BCUT2D eigenvalue weighted by Crippen LogP contribution is 2.73. The summed E-state index contributed by atoms with van der Waals surface area (Å²) in [4.78, 5) is 38.7. The van der Waals surface area contributed by atoms with E-state index in [9.17, 15) is 19.5 Å². The Morgan fingerprint density at radius 2 is 1.60 bits per heavy atom. The molecule has 5 aliphatic carbocycles. The summed E-state index contributed by atoms with van der Waals surface area (Å²) in [6.07, 6.45) is 15.2. The number of carboxylic acids is 2. The number of hydrogen-bond donors (Lipinski definition) is 3. The Balaban J connectivity index is 1.15. The van der Waals surface area contributed by atoms with Gasteiger partial charge in [-0.25, -0.2) is 4.79 Å². The van der Waals surface area contributed by atoms with Crippen molar-refractivity contribution in [3.05, 3.63) is 41.5 Å². The van der Waals surface area contributed by atoms with E-state index in [2.05, 4.69) is 50.9 Å². The third kappa shape index (κ3) is 5.84. The summed E-state index contributed by atoms with van der Waals surface area (Å²) in [6, 6.07) is 7.51. The molecule has 7 heteroatoms. The van der Waals surface area contributed by atoms with Gasteiger partial charge in [0.25, 0.3) is 0 Å². The number of carboxylic acid groups (broad SMARTS) is 2. The largest absolute Gasteiger partial charge is 0.481 e. The van der Waals surface area contributed by atoms with E-state index in [1.807, 2.05) is 12.1 Å². The van der Waals surface area contributed by atoms with Crippen molar-refractivity contribution in [3.63, 3.8) is 0 Å². The summed E-state index contributed by atoms with van der Waals surface area (Å²) in [5.74, 6) is 1.71. The quantitative estimate of drug-likeness (QED) is 0.207. The molecule has 0 aromatic heterocycles. The lowest BCUT2D eigenvalue weighted by molar-refractivity contribution is -0.181. The minimum Gasteiger partial charge on any atom is -0.481 e. The highest BCUT2D eigenvalue weighted by atomic mass is 16.4. The number of allylic oxidation sites excluding steroid dienone is 2. The second-order valence-electron chi connectivity index (χ2n) is 17.3. The monoisotopic (exact) mass is 660 g/mol. The number of aliphatic carboxylic acids is 1. The minimum atomic E-state index is -0.878. The van der Waals surface area contributed by atoms with Crippen molar-refractivity contribution in [2.75, 3.05) is 26.2 Å². The Morgan fingerprint density at radius 3 is 2.29 bits per heavy atom. The van der Waals surface area contributed by atoms with Crippen molar-refractivity contribution in [2.24, 2.45) is 51.2 Å². The summed E-state index contributed by atoms with van der Waals surface area (Å²) < 4.78 is 0. The number of aromatic carboxylic acids is 1. The number of rotatable bonds is 11. The van der Waals surface area contributed by atoms with Crippen LogP contribution in [0.25, 0.3) is 5.57 Å². The van der Waals surface area contributed by atoms with Crippen LogP contribution in [0.4, 0.5) is 0 Å². The number of fused-ring (bicyclic) bond motifs is 7. The summed E-state index contributed by atoms with van der Waals surface area (Å²) in [5, 5.41) is 21.9. The van der Waals surface area contributed by atoms with Crippen LogP contribution in [0.2, 0.25) is 0 Å². The van der Waals surface area contributed by atoms with E-state index in [1.165, 1.54) is 44.1 Å². The van der Waals surface area contributed by atoms with Crippen molar-refractivity contribution in [1.29, 1.82) is 0 Å². The molecule has 0 spiro atoms. The first kappa shape index (κ1) is 35.2. The van der Waals surface area contributed by atoms with E-state index in [1.54, 1.807) is 12.1 Å². The number of carbonyl (C=O) groups is 3. The smallest absolute Gasteiger partial charge is 0.335 e. The van der Waals surface area contributed by atoms with Crippen molar-refractivity contribution in [2.45, 2.75) is 112 Å². The van der Waals surface area contributed by atoms with Crippen LogP contribution in [-0.4, -0.2) is 59.1 Å². The fourth-order valence-electron chi connectivity index (χ4n) is 12.9. The molecule has 1 aromatic carbocycles. The van der Waals surface area contributed by atoms with Crippen molar-refractivity contribution in [1.82, 2.24) is 10.2 Å². The van der Waals surface area contributed by atoms with Gasteiger partial charge in [0.15, 0.2) is 0 Å². The number of benzene rings is 1. The van der Waals surface area contributed by atoms with E-state index in [-0.39, 0.29) is 22.7 Å². The maximum Gasteiger partial charge on any atom is 0.335 e. The van der Waals surface area contributed by atoms with Gasteiger partial charge in [-0.3, -0.25) is 9.59 Å². The van der Waals surface area contributed by atoms with Gasteiger partial charge in [0.05, 0.1) is 17.4 Å². The fourth-order valence-corrected chi connectivity index (χ4v) is 12.9. The highest BCUT2D eigenvalue weighted by molar-refractivity contribution is 5.88. The SMILES string of the molecule is CCN(CCCNC(=O)[C@]12CCCC1[C@H]1CCC3[C@@](C)(CCC4C(C)(C)C(c5ccc(C(=O)O)cc5)=CC[C@@]43C)C1CC2)CCC(=O)O. The fraction of sp³-hybridized carbons (Fsp3) is 0.732. The predicted molar refractivity (Wildman–Crippen MR) is 189 cm³/mol. The zero-order valence-corrected chi connectivity index (χ0v) is 30.2. The molecule has 1 aromatic rings. The van der Waals surface area contributed by atoms with Crippen molar-refractivity contribution < 1.29 is 24.6 Å². The van der Waals surface area contributed by atoms with Crippen LogP contribution in [0, 0.1) is 51.2 Å². The molecule has 0 bridgehead atoms. The molecular formula is C41H60N2O5. The molecule has 7 nitrogen and oxygen atoms in total. The molecule has 1 amide bonds. The number of nitrogens with zero attached hydrogens (tertiary/aromatic N) is 1. The van der Waals surface area contributed by atoms with Crippen LogP contribution in [0.1, 0.15) is 128 Å². The predicted octanol–water partition coefficient (Wildman–Crippen LogP) is 8.15. The molecule has 8 atom stereocenters. The van der Waals surface area contributed by atoms with E-state index >= 15 is 0 Å². The second-order valence-corrected chi connectivity index (χ2v) is 17.3. The lowest BCUT2D eigenvalue weighted by Crippen LogP contribution is -2.62. The van der Waals surface area contributed by atoms with E-state index in [0.717, 1.165) is 50.8 Å². The normalized spacial score (nSPS) is 36.6. The summed E-state index contributed by atoms with van der Waals surface area (Å²) in [6.45, 7) is 15.0. The standard InChI is InChI=1S/C41H60N2O5/c1-6-43(26-19-35(44)45)25-8-24-42-37(48)41-20-7-9-32(41)29-14-15-34-39(4,31(29)17-23-41)22-18-33-38(2,3)30(16-21-40(33,34)5)27-10-12-28(13-11-27)36(46)47/h10-13,16,29,31-34H,6-9,14-15,17-26H2,1-5H3,(H,42,48)(H,44,45)(H,46,47)/t29-,31?,32?,33?,34?,39-,40-,41-/m0/s1. The van der Waals surface area contributed by atoms with Gasteiger partial charge in [0.1, 0.15) is 0 Å². The Kier molecular flexibility index (Phi) is 9.69. The summed E-state index contributed by atoms with van der Waals surface area (Å²) >= 11 is 0. The minimum absolute atomic E-state index is 0.00555. The first-order chi connectivity index (χ1) is 22.8. The van der Waals surface area contributed by atoms with Gasteiger partial charge < -0.3 is 20.4 Å². The van der Waals surface area contributed by atoms with Crippen LogP contribution >= 0.6 is 0 Å². The first-order valence-electron chi connectivity index (χ1n) is 19.0. The van der Waals surface area contributed by atoms with Crippen LogP contribution in [0.15, 0.2) is 30.3 Å². The van der Waals surface area contributed by atoms with Gasteiger partial charge >= 0.3 is 11.9 Å². The van der Waals surface area contributed by atoms with Gasteiger partial charge in [-0.2, -0.15) is 0 Å². The molecule has 0 aliphatic heterocycles. The van der Waals surface area contributed by atoms with Crippen LogP contribution in [0.3, 0.4) is 0 Å². The number of nitrogens with one attached hydrogen (secondary N) is 1. The third-order valence-electron chi connectivity index (χ3n) is 15.0. The lowest BCUT2D eigenvalue weighted by atomic mass is 9.36. The van der Waals surface area contributed by atoms with Crippen molar-refractivity contribution in [3.8, 4) is 0 Å². The van der Waals surface area contributed by atoms with Gasteiger partial charge in [-0.1, -0.05) is 59.2 Å². The topological polar surface area (TPSA) is 107 Å². The highest BCUT2D eigenvalue weighted by Gasteiger charge is 2.66. The van der Waals surface area contributed by atoms with E-state index in [4.69, 9.17) is 5.11 Å². The molecule has 6 rings (SSSR count). The Morgan fingerprint density at radius 1 is 0.854 bits per heavy atom. The third-order valence-corrected chi connectivity index (χ3v) is 15.0. The molecule has 0 radical (unpaired) electrons. The lowest BCUT2D eigenvalue weighted by Gasteiger charge is -2.68. The van der Waals surface area contributed by atoms with Crippen molar-refractivity contribution >= 4 is 23.4 Å². The Hall–Kier alpha value is -2.67. The molecule has 48 heavy (non-hydrogen) atoms. The van der Waals surface area contributed by atoms with E-state index in [0.29, 0.717) is 59.6 Å². The number of amides is 1. The Labute approximate surface area is 288 Å². The van der Waals surface area contributed by atoms with Crippen LogP contribution < -0.4 is 5.32 Å². The van der Waals surface area contributed by atoms with Gasteiger partial charge in [0.2, 0.25) is 5.91 Å². The summed E-state index contributed by atoms with van der Waals surface area (Å²) in [7, 11) is 0. The second kappa shape index (κ2) is 13.2. The van der Waals surface area contributed by atoms with Gasteiger partial charge in [-0.05, 0) is 146 Å². The molecule has 5 aliphatic rings. The first-order valence-corrected chi connectivity index (χ1v) is 19.0. The number of carbonyl (C=O) groups excluding carboxylic acids is 1. The van der Waals surface area contributed by atoms with Crippen LogP contribution in [-0.2, 0) is 9.59 Å². The summed E-state index contributed by atoms with van der Waals surface area (Å²) in [5.41, 5.74) is 3.20. The average Bonchev–Trinajstić information content (AvgIpc) is 3.50. The molecule has 4 unspecified atom stereocenters. The molecule has 0 heterocycles. The molecule has 264 valence electrons. The zero-order chi connectivity index (χ0) is 34.5. The molecular weight excluding hydrogens is 600 g/mol. The van der Waals surface area contributed by atoms with Gasteiger partial charge in [-0.15, -0.1) is 0 Å². The van der Waals surface area contributed by atoms with Gasteiger partial charge in [0, 0.05) is 13.1 Å². The average molecular weight is 661 g/mol. The van der Waals surface area contributed by atoms with Crippen LogP contribution in [0.5, 0.6) is 0 Å². The zero-order valence-electron chi connectivity index (χ0n) is 30.2. The maximum atomic E-state index is 14.0. The molecule has 0 saturated heterocycles. The Bertz CT molecular complexity index is 1420. The molecule has 3 N–H and O–H groups in total. The van der Waals surface area contributed by atoms with E-state index < -0.39 is 11.9 Å².